The summed E-state index contributed by atoms with van der Waals surface area (Å²) < 4.78 is 6.48. The van der Waals surface area contributed by atoms with Gasteiger partial charge in [0.1, 0.15) is 0 Å². The third-order valence-electron chi connectivity index (χ3n) is 4.98. The van der Waals surface area contributed by atoms with E-state index in [1.807, 2.05) is 0 Å². The van der Waals surface area contributed by atoms with Crippen LogP contribution in [0.15, 0.2) is 24.3 Å². The Labute approximate surface area is 130 Å². The van der Waals surface area contributed by atoms with Crippen molar-refractivity contribution in [2.45, 2.75) is 78.0 Å². The number of rotatable bonds is 5. The first kappa shape index (κ1) is 16.5. The van der Waals surface area contributed by atoms with E-state index >= 15 is 0 Å². The molecule has 1 fully saturated rings. The second-order valence-corrected chi connectivity index (χ2v) is 7.35. The molecule has 0 bridgehead atoms. The van der Waals surface area contributed by atoms with Crippen LogP contribution in [0.1, 0.15) is 70.1 Å². The Morgan fingerprint density at radius 3 is 2.43 bits per heavy atom. The summed E-state index contributed by atoms with van der Waals surface area (Å²) in [5.41, 5.74) is 9.38. The van der Waals surface area contributed by atoms with Crippen molar-refractivity contribution in [3.05, 3.63) is 35.4 Å². The van der Waals surface area contributed by atoms with Gasteiger partial charge < -0.3 is 10.5 Å². The van der Waals surface area contributed by atoms with E-state index in [-0.39, 0.29) is 12.1 Å². The molecule has 1 aliphatic rings. The molecule has 2 rings (SSSR count). The lowest BCUT2D eigenvalue weighted by Crippen LogP contribution is -2.35. The minimum atomic E-state index is 0.0300. The van der Waals surface area contributed by atoms with Gasteiger partial charge in [-0.15, -0.1) is 0 Å². The summed E-state index contributed by atoms with van der Waals surface area (Å²) in [5, 5.41) is 0. The van der Waals surface area contributed by atoms with Crippen molar-refractivity contribution in [3.8, 4) is 0 Å². The molecule has 0 radical (unpaired) electrons. The first-order valence-corrected chi connectivity index (χ1v) is 8.39. The van der Waals surface area contributed by atoms with E-state index in [1.54, 1.807) is 0 Å². The van der Waals surface area contributed by atoms with Gasteiger partial charge in [0.2, 0.25) is 0 Å². The zero-order chi connectivity index (χ0) is 15.5. The van der Waals surface area contributed by atoms with E-state index in [4.69, 9.17) is 10.5 Å². The van der Waals surface area contributed by atoms with Gasteiger partial charge in [-0.1, -0.05) is 45.0 Å². The molecule has 2 atom stereocenters. The van der Waals surface area contributed by atoms with Gasteiger partial charge in [-0.3, -0.25) is 0 Å². The topological polar surface area (TPSA) is 35.2 Å². The number of hydrogen-bond donors (Lipinski definition) is 1. The molecular formula is C19H31NO. The van der Waals surface area contributed by atoms with Gasteiger partial charge in [-0.25, -0.2) is 0 Å². The first-order valence-electron chi connectivity index (χ1n) is 8.39. The summed E-state index contributed by atoms with van der Waals surface area (Å²) in [4.78, 5) is 0. The van der Waals surface area contributed by atoms with E-state index < -0.39 is 0 Å². The maximum absolute atomic E-state index is 6.48. The van der Waals surface area contributed by atoms with E-state index in [0.717, 1.165) is 19.3 Å². The molecule has 118 valence electrons. The fourth-order valence-electron chi connectivity index (χ4n) is 3.24. The Kier molecular flexibility index (Phi) is 5.45. The minimum Gasteiger partial charge on any atom is -0.369 e. The van der Waals surface area contributed by atoms with Crippen molar-refractivity contribution in [2.75, 3.05) is 0 Å². The normalized spacial score (nSPS) is 22.0. The smallest absolute Gasteiger partial charge is 0.0981 e. The molecule has 0 aliphatic heterocycles. The highest BCUT2D eigenvalue weighted by molar-refractivity contribution is 5.28. The molecule has 0 saturated heterocycles. The molecule has 1 aromatic carbocycles. The van der Waals surface area contributed by atoms with Gasteiger partial charge in [0.25, 0.3) is 0 Å². The molecule has 2 N–H and O–H groups in total. The Bertz CT molecular complexity index is 445. The maximum atomic E-state index is 6.48. The van der Waals surface area contributed by atoms with Crippen molar-refractivity contribution in [1.29, 1.82) is 0 Å². The van der Waals surface area contributed by atoms with Gasteiger partial charge in [0.15, 0.2) is 0 Å². The van der Waals surface area contributed by atoms with Crippen LogP contribution in [-0.4, -0.2) is 12.1 Å². The van der Waals surface area contributed by atoms with E-state index in [0.29, 0.717) is 11.5 Å². The van der Waals surface area contributed by atoms with E-state index in [2.05, 4.69) is 52.0 Å². The quantitative estimate of drug-likeness (QED) is 0.848. The summed E-state index contributed by atoms with van der Waals surface area (Å²) in [6, 6.07) is 8.56. The van der Waals surface area contributed by atoms with Crippen LogP contribution in [0.25, 0.3) is 0 Å². The highest BCUT2D eigenvalue weighted by atomic mass is 16.5. The highest BCUT2D eigenvalue weighted by Crippen LogP contribution is 2.38. The summed E-state index contributed by atoms with van der Waals surface area (Å²) >= 11 is 0. The van der Waals surface area contributed by atoms with E-state index in [1.165, 1.54) is 24.0 Å². The van der Waals surface area contributed by atoms with Crippen molar-refractivity contribution < 1.29 is 4.74 Å². The average Bonchev–Trinajstić information content (AvgIpc) is 2.46. The summed E-state index contributed by atoms with van der Waals surface area (Å²) in [5.74, 6) is 0. The predicted molar refractivity (Wildman–Crippen MR) is 89.3 cm³/mol. The largest absolute Gasteiger partial charge is 0.369 e. The third kappa shape index (κ3) is 4.31. The van der Waals surface area contributed by atoms with Crippen LogP contribution in [0.3, 0.4) is 0 Å². The van der Waals surface area contributed by atoms with Crippen LogP contribution < -0.4 is 5.73 Å². The van der Waals surface area contributed by atoms with Crippen molar-refractivity contribution in [1.82, 2.24) is 0 Å². The van der Waals surface area contributed by atoms with Crippen LogP contribution in [0.4, 0.5) is 0 Å². The standard InChI is InChI=1S/C19H31NO/c1-5-17(20)18(16-9-7-6-8-14(16)2)21-15-10-12-19(3,4)13-11-15/h6-9,15,17-18H,5,10-13,20H2,1-4H3. The van der Waals surface area contributed by atoms with Gasteiger partial charge in [0, 0.05) is 6.04 Å². The second-order valence-electron chi connectivity index (χ2n) is 7.35. The van der Waals surface area contributed by atoms with Crippen molar-refractivity contribution >= 4 is 0 Å². The first-order chi connectivity index (χ1) is 9.93. The molecule has 2 nitrogen and oxygen atoms in total. The molecule has 1 aromatic rings. The lowest BCUT2D eigenvalue weighted by Gasteiger charge is -2.37. The molecule has 0 spiro atoms. The van der Waals surface area contributed by atoms with Gasteiger partial charge in [-0.05, 0) is 55.6 Å². The SMILES string of the molecule is CCC(N)C(OC1CCC(C)(C)CC1)c1ccccc1C. The molecule has 0 aromatic heterocycles. The average molecular weight is 289 g/mol. The number of ether oxygens (including phenoxy) is 1. The third-order valence-corrected chi connectivity index (χ3v) is 4.98. The van der Waals surface area contributed by atoms with Crippen LogP contribution >= 0.6 is 0 Å². The van der Waals surface area contributed by atoms with Crippen LogP contribution in [-0.2, 0) is 4.74 Å². The number of aryl methyl sites for hydroxylation is 1. The number of benzene rings is 1. The highest BCUT2D eigenvalue weighted by Gasteiger charge is 2.31. The van der Waals surface area contributed by atoms with Gasteiger partial charge in [-0.2, -0.15) is 0 Å². The lowest BCUT2D eigenvalue weighted by atomic mass is 9.76. The molecule has 1 saturated carbocycles. The van der Waals surface area contributed by atoms with Crippen LogP contribution in [0.2, 0.25) is 0 Å². The predicted octanol–water partition coefficient (Wildman–Crippen LogP) is 4.76. The fraction of sp³-hybridized carbons (Fsp3) is 0.684. The Hall–Kier alpha value is -0.860. The van der Waals surface area contributed by atoms with Gasteiger partial charge >= 0.3 is 0 Å². The molecule has 1 aliphatic carbocycles. The molecule has 2 heteroatoms. The van der Waals surface area contributed by atoms with Gasteiger partial charge in [0.05, 0.1) is 12.2 Å². The Morgan fingerprint density at radius 2 is 1.86 bits per heavy atom. The lowest BCUT2D eigenvalue weighted by molar-refractivity contribution is -0.0577. The molecular weight excluding hydrogens is 258 g/mol. The number of nitrogens with two attached hydrogens (primary N) is 1. The molecule has 2 unspecified atom stereocenters. The monoisotopic (exact) mass is 289 g/mol. The minimum absolute atomic E-state index is 0.0300. The van der Waals surface area contributed by atoms with Crippen LogP contribution in [0.5, 0.6) is 0 Å². The summed E-state index contributed by atoms with van der Waals surface area (Å²) in [6.45, 7) is 9.01. The molecule has 21 heavy (non-hydrogen) atoms. The van der Waals surface area contributed by atoms with E-state index in [9.17, 15) is 0 Å². The van der Waals surface area contributed by atoms with Crippen molar-refractivity contribution in [2.24, 2.45) is 11.1 Å². The fourth-order valence-corrected chi connectivity index (χ4v) is 3.24. The van der Waals surface area contributed by atoms with Crippen molar-refractivity contribution in [3.63, 3.8) is 0 Å². The zero-order valence-corrected chi connectivity index (χ0v) is 14.1. The molecule has 0 amide bonds. The molecule has 0 heterocycles. The Morgan fingerprint density at radius 1 is 1.24 bits per heavy atom. The summed E-state index contributed by atoms with van der Waals surface area (Å²) in [7, 11) is 0. The summed E-state index contributed by atoms with van der Waals surface area (Å²) in [6.07, 6.45) is 6.15. The second kappa shape index (κ2) is 6.93. The zero-order valence-electron chi connectivity index (χ0n) is 14.1. The van der Waals surface area contributed by atoms with Crippen LogP contribution in [0, 0.1) is 12.3 Å². The maximum Gasteiger partial charge on any atom is 0.0981 e. The Balaban J connectivity index is 2.10. The number of hydrogen-bond acceptors (Lipinski definition) is 2.